The lowest BCUT2D eigenvalue weighted by atomic mass is 10.1. The van der Waals surface area contributed by atoms with Crippen molar-refractivity contribution in [3.63, 3.8) is 0 Å². The second-order valence-corrected chi connectivity index (χ2v) is 6.46. The molecule has 0 unspecified atom stereocenters. The van der Waals surface area contributed by atoms with Crippen molar-refractivity contribution in [1.29, 1.82) is 0 Å². The van der Waals surface area contributed by atoms with E-state index in [1.165, 1.54) is 0 Å². The number of nitrogen functional groups attached to an aromatic ring is 1. The Balaban J connectivity index is 1.82. The molecule has 0 aromatic heterocycles. The molecule has 1 heterocycles. The van der Waals surface area contributed by atoms with Crippen LogP contribution in [-0.2, 0) is 4.74 Å². The first kappa shape index (κ1) is 17.9. The first-order valence-electron chi connectivity index (χ1n) is 8.61. The number of ether oxygens (including phenoxy) is 1. The normalized spacial score (nSPS) is 14.2. The lowest BCUT2D eigenvalue weighted by Crippen LogP contribution is -2.40. The van der Waals surface area contributed by atoms with Crippen LogP contribution in [0.2, 0.25) is 0 Å². The lowest BCUT2D eigenvalue weighted by Gasteiger charge is -2.27. The predicted octanol–water partition coefficient (Wildman–Crippen LogP) is 2.61. The number of morpholine rings is 1. The van der Waals surface area contributed by atoms with Crippen molar-refractivity contribution < 1.29 is 14.3 Å². The second-order valence-electron chi connectivity index (χ2n) is 6.46. The van der Waals surface area contributed by atoms with E-state index < -0.39 is 0 Å². The Kier molecular flexibility index (Phi) is 5.23. The monoisotopic (exact) mass is 353 g/mol. The molecule has 1 fully saturated rings. The summed E-state index contributed by atoms with van der Waals surface area (Å²) in [5.74, 6) is -0.294. The standard InChI is InChI=1S/C20H23N3O3/c1-13-4-6-16(21)12-17(13)19(24)22-18-11-15(5-3-14(18)2)20(25)23-7-9-26-10-8-23/h3-6,11-12H,7-10,21H2,1-2H3,(H,22,24). The minimum absolute atomic E-state index is 0.0519. The molecule has 0 radical (unpaired) electrons. The van der Waals surface area contributed by atoms with Gasteiger partial charge in [-0.15, -0.1) is 0 Å². The number of carbonyl (C=O) groups excluding carboxylic acids is 2. The van der Waals surface area contributed by atoms with Gasteiger partial charge in [-0.3, -0.25) is 9.59 Å². The number of nitrogens with two attached hydrogens (primary N) is 1. The molecular weight excluding hydrogens is 330 g/mol. The number of nitrogens with one attached hydrogen (secondary N) is 1. The van der Waals surface area contributed by atoms with E-state index in [-0.39, 0.29) is 11.8 Å². The van der Waals surface area contributed by atoms with E-state index in [1.807, 2.05) is 26.0 Å². The molecular formula is C20H23N3O3. The summed E-state index contributed by atoms with van der Waals surface area (Å²) in [6, 6.07) is 10.6. The summed E-state index contributed by atoms with van der Waals surface area (Å²) < 4.78 is 5.29. The van der Waals surface area contributed by atoms with Crippen LogP contribution >= 0.6 is 0 Å². The molecule has 0 atom stereocenters. The quantitative estimate of drug-likeness (QED) is 0.831. The zero-order valence-corrected chi connectivity index (χ0v) is 15.0. The molecule has 0 spiro atoms. The average molecular weight is 353 g/mol. The maximum Gasteiger partial charge on any atom is 0.256 e. The number of carbonyl (C=O) groups is 2. The zero-order chi connectivity index (χ0) is 18.7. The van der Waals surface area contributed by atoms with Crippen molar-refractivity contribution in [3.8, 4) is 0 Å². The van der Waals surface area contributed by atoms with Gasteiger partial charge in [0, 0.05) is 35.6 Å². The summed E-state index contributed by atoms with van der Waals surface area (Å²) in [6.07, 6.45) is 0. The van der Waals surface area contributed by atoms with E-state index in [2.05, 4.69) is 5.32 Å². The van der Waals surface area contributed by atoms with E-state index >= 15 is 0 Å². The molecule has 26 heavy (non-hydrogen) atoms. The van der Waals surface area contributed by atoms with Crippen molar-refractivity contribution in [2.45, 2.75) is 13.8 Å². The van der Waals surface area contributed by atoms with Gasteiger partial charge in [-0.05, 0) is 49.2 Å². The van der Waals surface area contributed by atoms with E-state index in [4.69, 9.17) is 10.5 Å². The minimum atomic E-state index is -0.242. The fourth-order valence-electron chi connectivity index (χ4n) is 2.91. The Morgan fingerprint density at radius 3 is 2.46 bits per heavy atom. The van der Waals surface area contributed by atoms with Crippen LogP contribution in [0.25, 0.3) is 0 Å². The fourth-order valence-corrected chi connectivity index (χ4v) is 2.91. The van der Waals surface area contributed by atoms with Gasteiger partial charge < -0.3 is 20.7 Å². The van der Waals surface area contributed by atoms with Gasteiger partial charge in [-0.2, -0.15) is 0 Å². The van der Waals surface area contributed by atoms with Crippen molar-refractivity contribution in [2.75, 3.05) is 37.4 Å². The largest absolute Gasteiger partial charge is 0.399 e. The Labute approximate surface area is 152 Å². The van der Waals surface area contributed by atoms with Crippen LogP contribution in [0.4, 0.5) is 11.4 Å². The number of anilines is 2. The maximum absolute atomic E-state index is 12.7. The number of amides is 2. The molecule has 0 aliphatic carbocycles. The topological polar surface area (TPSA) is 84.7 Å². The van der Waals surface area contributed by atoms with E-state index in [1.54, 1.807) is 29.2 Å². The smallest absolute Gasteiger partial charge is 0.256 e. The molecule has 3 N–H and O–H groups in total. The maximum atomic E-state index is 12.7. The molecule has 6 nitrogen and oxygen atoms in total. The van der Waals surface area contributed by atoms with Gasteiger partial charge in [0.25, 0.3) is 11.8 Å². The van der Waals surface area contributed by atoms with E-state index in [0.29, 0.717) is 48.8 Å². The van der Waals surface area contributed by atoms with Crippen LogP contribution in [0.1, 0.15) is 31.8 Å². The molecule has 1 aliphatic heterocycles. The average Bonchev–Trinajstić information content (AvgIpc) is 2.65. The Hall–Kier alpha value is -2.86. The number of benzene rings is 2. The molecule has 6 heteroatoms. The highest BCUT2D eigenvalue weighted by molar-refractivity contribution is 6.07. The van der Waals surface area contributed by atoms with Gasteiger partial charge in [0.2, 0.25) is 0 Å². The zero-order valence-electron chi connectivity index (χ0n) is 15.0. The Morgan fingerprint density at radius 2 is 1.73 bits per heavy atom. The van der Waals surface area contributed by atoms with Crippen LogP contribution in [0.5, 0.6) is 0 Å². The number of rotatable bonds is 3. The van der Waals surface area contributed by atoms with Gasteiger partial charge in [-0.1, -0.05) is 12.1 Å². The molecule has 3 rings (SSSR count). The molecule has 2 aromatic carbocycles. The van der Waals surface area contributed by atoms with Crippen molar-refractivity contribution in [2.24, 2.45) is 0 Å². The van der Waals surface area contributed by atoms with Crippen molar-refractivity contribution in [1.82, 2.24) is 4.90 Å². The van der Waals surface area contributed by atoms with Gasteiger partial charge in [-0.25, -0.2) is 0 Å². The third-order valence-corrected chi connectivity index (χ3v) is 4.54. The highest BCUT2D eigenvalue weighted by Gasteiger charge is 2.20. The van der Waals surface area contributed by atoms with Crippen LogP contribution in [-0.4, -0.2) is 43.0 Å². The third-order valence-electron chi connectivity index (χ3n) is 4.54. The number of nitrogens with zero attached hydrogens (tertiary/aromatic N) is 1. The van der Waals surface area contributed by atoms with Gasteiger partial charge in [0.1, 0.15) is 0 Å². The van der Waals surface area contributed by atoms with Crippen LogP contribution in [0, 0.1) is 13.8 Å². The highest BCUT2D eigenvalue weighted by Crippen LogP contribution is 2.21. The molecule has 2 amide bonds. The van der Waals surface area contributed by atoms with E-state index in [0.717, 1.165) is 11.1 Å². The van der Waals surface area contributed by atoms with Crippen molar-refractivity contribution >= 4 is 23.2 Å². The van der Waals surface area contributed by atoms with Crippen LogP contribution in [0.3, 0.4) is 0 Å². The molecule has 136 valence electrons. The minimum Gasteiger partial charge on any atom is -0.399 e. The molecule has 1 saturated heterocycles. The molecule has 1 aliphatic rings. The number of hydrogen-bond acceptors (Lipinski definition) is 4. The second kappa shape index (κ2) is 7.58. The molecule has 0 bridgehead atoms. The van der Waals surface area contributed by atoms with Gasteiger partial charge in [0.15, 0.2) is 0 Å². The summed E-state index contributed by atoms with van der Waals surface area (Å²) in [4.78, 5) is 27.1. The molecule has 2 aromatic rings. The summed E-state index contributed by atoms with van der Waals surface area (Å²) in [6.45, 7) is 6.02. The predicted molar refractivity (Wildman–Crippen MR) is 101 cm³/mol. The number of aryl methyl sites for hydroxylation is 2. The first-order valence-corrected chi connectivity index (χ1v) is 8.61. The summed E-state index contributed by atoms with van der Waals surface area (Å²) >= 11 is 0. The molecule has 0 saturated carbocycles. The summed E-state index contributed by atoms with van der Waals surface area (Å²) in [5, 5.41) is 2.90. The van der Waals surface area contributed by atoms with E-state index in [9.17, 15) is 9.59 Å². The Bertz CT molecular complexity index is 842. The van der Waals surface area contributed by atoms with Crippen molar-refractivity contribution in [3.05, 3.63) is 58.7 Å². The number of hydrogen-bond donors (Lipinski definition) is 2. The fraction of sp³-hybridized carbons (Fsp3) is 0.300. The van der Waals surface area contributed by atoms with Gasteiger partial charge in [0.05, 0.1) is 13.2 Å². The lowest BCUT2D eigenvalue weighted by molar-refractivity contribution is 0.0303. The first-order chi connectivity index (χ1) is 12.5. The summed E-state index contributed by atoms with van der Waals surface area (Å²) in [5.41, 5.74) is 9.76. The highest BCUT2D eigenvalue weighted by atomic mass is 16.5. The van der Waals surface area contributed by atoms with Gasteiger partial charge >= 0.3 is 0 Å². The third kappa shape index (κ3) is 3.86. The van der Waals surface area contributed by atoms with Crippen LogP contribution in [0.15, 0.2) is 36.4 Å². The van der Waals surface area contributed by atoms with Crippen LogP contribution < -0.4 is 11.1 Å². The SMILES string of the molecule is Cc1ccc(C(=O)N2CCOCC2)cc1NC(=O)c1cc(N)ccc1C. The Morgan fingerprint density at radius 1 is 1.04 bits per heavy atom. The summed E-state index contributed by atoms with van der Waals surface area (Å²) in [7, 11) is 0.